The third-order valence-corrected chi connectivity index (χ3v) is 5.71. The molecule has 2 heterocycles. The second-order valence-electron chi connectivity index (χ2n) is 9.54. The van der Waals surface area contributed by atoms with Crippen LogP contribution in [0.4, 0.5) is 0 Å². The van der Waals surface area contributed by atoms with Gasteiger partial charge in [-0.2, -0.15) is 0 Å². The molecule has 11 nitrogen and oxygen atoms in total. The van der Waals surface area contributed by atoms with E-state index >= 15 is 0 Å². The molecule has 0 radical (unpaired) electrons. The number of amides is 2. The number of hydrogen-bond acceptors (Lipinski definition) is 9. The molecule has 1 saturated heterocycles. The van der Waals surface area contributed by atoms with E-state index < -0.39 is 17.9 Å². The summed E-state index contributed by atoms with van der Waals surface area (Å²) in [6.07, 6.45) is 4.40. The molecule has 12 heteroatoms. The first-order chi connectivity index (χ1) is 20.6. The van der Waals surface area contributed by atoms with E-state index in [-0.39, 0.29) is 73.6 Å². The van der Waals surface area contributed by atoms with Crippen LogP contribution in [-0.4, -0.2) is 77.3 Å². The first kappa shape index (κ1) is 43.7. The molecule has 0 saturated carbocycles. The number of ether oxygens (including phenoxy) is 2. The first-order valence-corrected chi connectivity index (χ1v) is 15.0. The smallest absolute Gasteiger partial charge is 0.544 e. The van der Waals surface area contributed by atoms with Gasteiger partial charge < -0.3 is 40.2 Å². The molecular weight excluding hydrogens is 577 g/mol. The van der Waals surface area contributed by atoms with Crippen molar-refractivity contribution in [1.29, 1.82) is 0 Å². The molecule has 44 heavy (non-hydrogen) atoms. The van der Waals surface area contributed by atoms with Crippen LogP contribution in [0, 0.1) is 0 Å². The number of carbonyl (C=O) groups is 3. The van der Waals surface area contributed by atoms with E-state index in [1.165, 1.54) is 13.3 Å². The van der Waals surface area contributed by atoms with Crippen LogP contribution < -0.4 is 45.3 Å². The molecule has 1 aliphatic rings. The summed E-state index contributed by atoms with van der Waals surface area (Å²) in [4.78, 5) is 38.1. The van der Waals surface area contributed by atoms with Crippen molar-refractivity contribution in [3.63, 3.8) is 0 Å². The van der Waals surface area contributed by atoms with Gasteiger partial charge in [0.15, 0.2) is 0 Å². The molecule has 242 valence electrons. The number of unbranched alkanes of at least 4 members (excludes halogenated alkanes) is 1. The Morgan fingerprint density at radius 3 is 2.23 bits per heavy atom. The van der Waals surface area contributed by atoms with E-state index in [1.807, 2.05) is 51.1 Å². The standard InChI is InChI=1S/C15H16N2O3.C12H21NO5.C3H8.C2H6.Na/c18-10-13(19)9-17-15(20)12-6-4-11(5-7-12)14-3-1-2-8-16-14;1-3-4-7-17-12(11(15)16)6-5-10(8-18-12)13-9(2)14;1-3-2;1-2;/h1-8,13,18-19H,9-10H2,(H,17,20);10H,3-8H2,1-2H3,(H,13,14)(H,15,16);3H2,1-2H3;1-2H3;/q;;;;+1/p-1/t;10?,12-;;;/m.1.../s1. The van der Waals surface area contributed by atoms with E-state index in [0.29, 0.717) is 18.6 Å². The van der Waals surface area contributed by atoms with Crippen LogP contribution in [0.3, 0.4) is 0 Å². The maximum Gasteiger partial charge on any atom is 1.00 e. The summed E-state index contributed by atoms with van der Waals surface area (Å²) in [5, 5.41) is 34.2. The van der Waals surface area contributed by atoms with Crippen molar-refractivity contribution in [2.24, 2.45) is 0 Å². The Morgan fingerprint density at radius 1 is 1.14 bits per heavy atom. The zero-order valence-corrected chi connectivity index (χ0v) is 29.4. The van der Waals surface area contributed by atoms with Crippen LogP contribution in [0.1, 0.15) is 84.0 Å². The number of carboxylic acids is 1. The van der Waals surface area contributed by atoms with E-state index in [2.05, 4.69) is 29.5 Å². The number of nitrogens with zero attached hydrogens (tertiary/aromatic N) is 1. The zero-order valence-electron chi connectivity index (χ0n) is 27.4. The third kappa shape index (κ3) is 17.2. The number of aromatic nitrogens is 1. The molecule has 0 spiro atoms. The number of hydrogen-bond donors (Lipinski definition) is 4. The van der Waals surface area contributed by atoms with Crippen molar-refractivity contribution in [2.45, 2.75) is 91.6 Å². The molecule has 3 atom stereocenters. The monoisotopic (exact) mass is 627 g/mol. The van der Waals surface area contributed by atoms with Gasteiger partial charge in [0.2, 0.25) is 11.7 Å². The molecule has 3 rings (SSSR count). The maximum atomic E-state index is 11.8. The molecule has 1 aromatic heterocycles. The topological polar surface area (TPSA) is 170 Å². The minimum Gasteiger partial charge on any atom is -0.544 e. The molecule has 2 aromatic rings. The van der Waals surface area contributed by atoms with Gasteiger partial charge in [-0.05, 0) is 37.1 Å². The number of nitrogens with one attached hydrogen (secondary N) is 2. The van der Waals surface area contributed by atoms with Crippen LogP contribution in [-0.2, 0) is 19.1 Å². The second kappa shape index (κ2) is 25.9. The Labute approximate surface area is 284 Å². The average Bonchev–Trinajstić information content (AvgIpc) is 3.02. The molecule has 2 unspecified atom stereocenters. The Bertz CT molecular complexity index is 1030. The Hall–Kier alpha value is -2.38. The van der Waals surface area contributed by atoms with Crippen LogP contribution in [0.2, 0.25) is 0 Å². The molecule has 2 amide bonds. The predicted octanol–water partition coefficient (Wildman–Crippen LogP) is -0.157. The molecule has 0 aliphatic carbocycles. The number of benzene rings is 1. The van der Waals surface area contributed by atoms with Gasteiger partial charge in [-0.3, -0.25) is 14.6 Å². The van der Waals surface area contributed by atoms with Crippen molar-refractivity contribution in [2.75, 3.05) is 26.4 Å². The Balaban J connectivity index is 0. The molecule has 1 aliphatic heterocycles. The van der Waals surface area contributed by atoms with Gasteiger partial charge in [0.25, 0.3) is 5.91 Å². The summed E-state index contributed by atoms with van der Waals surface area (Å²) in [6, 6.07) is 12.5. The van der Waals surface area contributed by atoms with Crippen molar-refractivity contribution in [3.05, 3.63) is 54.2 Å². The fourth-order valence-electron chi connectivity index (χ4n) is 3.57. The van der Waals surface area contributed by atoms with Crippen molar-refractivity contribution < 1.29 is 68.7 Å². The molecule has 1 fully saturated rings. The van der Waals surface area contributed by atoms with Crippen LogP contribution in [0.25, 0.3) is 11.3 Å². The zero-order chi connectivity index (χ0) is 32.7. The van der Waals surface area contributed by atoms with Crippen molar-refractivity contribution >= 4 is 17.8 Å². The van der Waals surface area contributed by atoms with E-state index in [4.69, 9.17) is 14.6 Å². The summed E-state index contributed by atoms with van der Waals surface area (Å²) in [5.41, 5.74) is 2.27. The van der Waals surface area contributed by atoms with Crippen molar-refractivity contribution in [1.82, 2.24) is 15.6 Å². The molecule has 0 bridgehead atoms. The number of aliphatic hydroxyl groups is 2. The van der Waals surface area contributed by atoms with Gasteiger partial charge in [-0.15, -0.1) is 0 Å². The van der Waals surface area contributed by atoms with Gasteiger partial charge >= 0.3 is 29.6 Å². The second-order valence-corrected chi connectivity index (χ2v) is 9.54. The van der Waals surface area contributed by atoms with Crippen LogP contribution in [0.5, 0.6) is 0 Å². The molecule has 4 N–H and O–H groups in total. The predicted molar refractivity (Wildman–Crippen MR) is 164 cm³/mol. The van der Waals surface area contributed by atoms with E-state index in [1.54, 1.807) is 18.3 Å². The number of pyridine rings is 1. The number of carboxylic acid groups (broad SMARTS) is 1. The van der Waals surface area contributed by atoms with Gasteiger partial charge in [0, 0.05) is 37.2 Å². The van der Waals surface area contributed by atoms with Crippen LogP contribution >= 0.6 is 0 Å². The summed E-state index contributed by atoms with van der Waals surface area (Å²) in [5.74, 6) is -3.44. The largest absolute Gasteiger partial charge is 1.00 e. The number of carbonyl (C=O) groups excluding carboxylic acids is 3. The average molecular weight is 628 g/mol. The Morgan fingerprint density at radius 2 is 1.77 bits per heavy atom. The minimum atomic E-state index is -1.65. The van der Waals surface area contributed by atoms with E-state index in [0.717, 1.165) is 24.1 Å². The number of aliphatic hydroxyl groups excluding tert-OH is 2. The Kier molecular flexibility index (Phi) is 25.7. The van der Waals surface area contributed by atoms with Gasteiger partial charge in [0.1, 0.15) is 5.97 Å². The van der Waals surface area contributed by atoms with Crippen molar-refractivity contribution in [3.8, 4) is 11.3 Å². The first-order valence-electron chi connectivity index (χ1n) is 15.0. The normalized spacial score (nSPS) is 17.3. The quantitative estimate of drug-likeness (QED) is 0.195. The number of rotatable bonds is 11. The summed E-state index contributed by atoms with van der Waals surface area (Å²) in [6.45, 7) is 11.8. The van der Waals surface area contributed by atoms with Gasteiger partial charge in [-0.1, -0.05) is 65.7 Å². The SMILES string of the molecule is CC.CCC.CCCCO[C@]1(C(=O)[O-])CCC(NC(C)=O)CO1.O=C(NCC(O)CO)c1ccc(-c2ccccn2)cc1.[Na+]. The van der Waals surface area contributed by atoms with Gasteiger partial charge in [-0.25, -0.2) is 0 Å². The van der Waals surface area contributed by atoms with E-state index in [9.17, 15) is 24.6 Å². The third-order valence-electron chi connectivity index (χ3n) is 5.71. The minimum absolute atomic E-state index is 0. The summed E-state index contributed by atoms with van der Waals surface area (Å²) >= 11 is 0. The fourth-order valence-corrected chi connectivity index (χ4v) is 3.57. The fraction of sp³-hybridized carbons (Fsp3) is 0.562. The summed E-state index contributed by atoms with van der Waals surface area (Å²) < 4.78 is 10.6. The number of aliphatic carboxylic acids is 1. The maximum absolute atomic E-state index is 11.8. The molecule has 1 aromatic carbocycles. The van der Waals surface area contributed by atoms with Crippen LogP contribution in [0.15, 0.2) is 48.7 Å². The van der Waals surface area contributed by atoms with Gasteiger partial charge in [0.05, 0.1) is 37.7 Å². The molecular formula is C32H50N3NaO8. The summed E-state index contributed by atoms with van der Waals surface area (Å²) in [7, 11) is 0.